The lowest BCUT2D eigenvalue weighted by Crippen LogP contribution is -2.00. The fraction of sp³-hybridized carbons (Fsp3) is 0.344. The lowest BCUT2D eigenvalue weighted by Gasteiger charge is -2.14. The van der Waals surface area contributed by atoms with Crippen LogP contribution in [0.15, 0.2) is 72.9 Å². The zero-order valence-electron chi connectivity index (χ0n) is 24.2. The molecule has 0 fully saturated rings. The molecule has 5 rings (SSSR count). The Bertz CT molecular complexity index is 1400. The van der Waals surface area contributed by atoms with Crippen molar-refractivity contribution < 1.29 is 9.47 Å². The van der Waals surface area contributed by atoms with Crippen LogP contribution in [0.2, 0.25) is 0 Å². The van der Waals surface area contributed by atoms with Crippen LogP contribution < -0.4 is 9.47 Å². The van der Waals surface area contributed by atoms with Gasteiger partial charge in [-0.25, -0.2) is 0 Å². The number of nitrogens with zero attached hydrogens (tertiary/aromatic N) is 4. The first kappa shape index (κ1) is 29.4. The second-order valence-corrected chi connectivity index (χ2v) is 9.68. The molecule has 0 saturated carbocycles. The zero-order valence-corrected chi connectivity index (χ0v) is 24.2. The summed E-state index contributed by atoms with van der Waals surface area (Å²) in [7, 11) is 2.07. The van der Waals surface area contributed by atoms with E-state index in [9.17, 15) is 0 Å². The van der Waals surface area contributed by atoms with E-state index in [0.29, 0.717) is 12.4 Å². The summed E-state index contributed by atoms with van der Waals surface area (Å²) in [5.41, 5.74) is 4.42. The number of aromatic nitrogens is 5. The van der Waals surface area contributed by atoms with Crippen LogP contribution in [0.25, 0.3) is 22.3 Å². The highest BCUT2D eigenvalue weighted by Gasteiger charge is 2.11. The first-order chi connectivity index (χ1) is 18.9. The summed E-state index contributed by atoms with van der Waals surface area (Å²) in [6.07, 6.45) is 4.15. The minimum absolute atomic E-state index is 0.475. The van der Waals surface area contributed by atoms with Crippen molar-refractivity contribution in [3.8, 4) is 28.6 Å². The third-order valence-electron chi connectivity index (χ3n) is 5.62. The number of hydrogen-bond donors (Lipinski definition) is 1. The predicted octanol–water partition coefficient (Wildman–Crippen LogP) is 8.37. The van der Waals surface area contributed by atoms with Crippen LogP contribution >= 0.6 is 0 Å². The number of fused-ring (bicyclic) bond motifs is 1. The normalized spacial score (nSPS) is 10.5. The van der Waals surface area contributed by atoms with E-state index < -0.39 is 0 Å². The van der Waals surface area contributed by atoms with Crippen molar-refractivity contribution in [2.24, 2.45) is 13.0 Å². The molecule has 39 heavy (non-hydrogen) atoms. The molecule has 206 valence electrons. The number of aryl methyl sites for hydroxylation is 2. The summed E-state index contributed by atoms with van der Waals surface area (Å²) in [4.78, 5) is 0. The van der Waals surface area contributed by atoms with Crippen LogP contribution in [-0.4, -0.2) is 25.2 Å². The molecule has 0 aliphatic heterocycles. The smallest absolute Gasteiger partial charge is 0.204 e. The van der Waals surface area contributed by atoms with Gasteiger partial charge in [0.15, 0.2) is 0 Å². The number of nitrogens with one attached hydrogen (secondary N) is 1. The largest absolute Gasteiger partial charge is 0.489 e. The molecular weight excluding hydrogens is 486 g/mol. The highest BCUT2D eigenvalue weighted by atomic mass is 16.5. The standard InChI is InChI=1S/C26H25N5O2.C4H10.C2H6/c1-3-5-23-22-14-15-31(2)24(22)12-13-25(23)32-17-18-6-4-7-21(16-18)33-20-10-8-19(9-11-20)26-27-29-30-28-26;1-4(2)3;1-2/h4,6-16H,3,5,17H2,1-2H3,(H,27,28,29,30);4H,1-3H3;1-2H3. The van der Waals surface area contributed by atoms with E-state index >= 15 is 0 Å². The Labute approximate surface area is 232 Å². The molecule has 0 amide bonds. The fourth-order valence-electron chi connectivity index (χ4n) is 3.99. The number of aromatic amines is 1. The van der Waals surface area contributed by atoms with Gasteiger partial charge in [0.1, 0.15) is 23.9 Å². The van der Waals surface area contributed by atoms with E-state index in [0.717, 1.165) is 47.1 Å². The van der Waals surface area contributed by atoms with Crippen molar-refractivity contribution >= 4 is 10.9 Å². The fourth-order valence-corrected chi connectivity index (χ4v) is 3.99. The number of tetrazole rings is 1. The van der Waals surface area contributed by atoms with Crippen LogP contribution in [0.4, 0.5) is 0 Å². The zero-order chi connectivity index (χ0) is 28.2. The maximum atomic E-state index is 6.27. The van der Waals surface area contributed by atoms with Gasteiger partial charge in [-0.3, -0.25) is 0 Å². The van der Waals surface area contributed by atoms with Crippen molar-refractivity contribution in [2.75, 3.05) is 0 Å². The Morgan fingerprint density at radius 3 is 2.33 bits per heavy atom. The molecule has 5 aromatic rings. The molecule has 0 aliphatic carbocycles. The minimum Gasteiger partial charge on any atom is -0.489 e. The molecule has 0 radical (unpaired) electrons. The van der Waals surface area contributed by atoms with Gasteiger partial charge in [0, 0.05) is 35.3 Å². The van der Waals surface area contributed by atoms with Crippen LogP contribution in [0, 0.1) is 5.92 Å². The quantitative estimate of drug-likeness (QED) is 0.219. The summed E-state index contributed by atoms with van der Waals surface area (Å²) < 4.78 is 14.5. The van der Waals surface area contributed by atoms with Crippen molar-refractivity contribution in [3.63, 3.8) is 0 Å². The number of rotatable bonds is 8. The van der Waals surface area contributed by atoms with Gasteiger partial charge in [0.2, 0.25) is 5.82 Å². The summed E-state index contributed by atoms with van der Waals surface area (Å²) in [6, 6.07) is 21.9. The molecule has 2 heterocycles. The third kappa shape index (κ3) is 8.18. The van der Waals surface area contributed by atoms with Crippen LogP contribution in [0.5, 0.6) is 17.2 Å². The topological polar surface area (TPSA) is 77.8 Å². The van der Waals surface area contributed by atoms with Crippen molar-refractivity contribution in [1.82, 2.24) is 25.2 Å². The molecule has 0 unspecified atom stereocenters. The van der Waals surface area contributed by atoms with E-state index in [-0.39, 0.29) is 0 Å². The van der Waals surface area contributed by atoms with Crippen LogP contribution in [0.3, 0.4) is 0 Å². The summed E-state index contributed by atoms with van der Waals surface area (Å²) in [6.45, 7) is 13.2. The van der Waals surface area contributed by atoms with Gasteiger partial charge >= 0.3 is 0 Å². The Kier molecular flexibility index (Phi) is 11.1. The van der Waals surface area contributed by atoms with Gasteiger partial charge in [0.05, 0.1) is 0 Å². The van der Waals surface area contributed by atoms with Crippen molar-refractivity contribution in [1.29, 1.82) is 0 Å². The SMILES string of the molecule is CC.CC(C)C.CCCc1c(OCc2cccc(Oc3ccc(-c4nn[nH]n4)cc3)c2)ccc2c1ccn2C. The third-order valence-corrected chi connectivity index (χ3v) is 5.62. The van der Waals surface area contributed by atoms with Gasteiger partial charge in [-0.1, -0.05) is 60.1 Å². The Hall–Kier alpha value is -4.13. The molecule has 1 N–H and O–H groups in total. The molecular formula is C32H41N5O2. The molecule has 0 spiro atoms. The lowest BCUT2D eigenvalue weighted by atomic mass is 10.0. The van der Waals surface area contributed by atoms with Gasteiger partial charge in [-0.05, 0) is 77.7 Å². The molecule has 0 saturated heterocycles. The van der Waals surface area contributed by atoms with Gasteiger partial charge in [0.25, 0.3) is 0 Å². The van der Waals surface area contributed by atoms with E-state index in [4.69, 9.17) is 9.47 Å². The molecule has 7 nitrogen and oxygen atoms in total. The summed E-state index contributed by atoms with van der Waals surface area (Å²) in [5.74, 6) is 3.83. The van der Waals surface area contributed by atoms with Crippen molar-refractivity contribution in [3.05, 3.63) is 84.1 Å². The average Bonchev–Trinajstić information content (AvgIpc) is 3.61. The van der Waals surface area contributed by atoms with E-state index in [1.54, 1.807) is 0 Å². The second-order valence-electron chi connectivity index (χ2n) is 9.68. The maximum Gasteiger partial charge on any atom is 0.204 e. The lowest BCUT2D eigenvalue weighted by molar-refractivity contribution is 0.303. The Morgan fingerprint density at radius 2 is 1.67 bits per heavy atom. The van der Waals surface area contributed by atoms with Gasteiger partial charge < -0.3 is 14.0 Å². The number of H-pyrrole nitrogens is 1. The molecule has 7 heteroatoms. The number of hydrogen-bond acceptors (Lipinski definition) is 5. The first-order valence-electron chi connectivity index (χ1n) is 13.7. The van der Waals surface area contributed by atoms with E-state index in [2.05, 4.69) is 84.3 Å². The highest BCUT2D eigenvalue weighted by molar-refractivity contribution is 5.86. The number of ether oxygens (including phenoxy) is 2. The Balaban J connectivity index is 0.000000644. The van der Waals surface area contributed by atoms with Crippen LogP contribution in [0.1, 0.15) is 59.1 Å². The number of benzene rings is 3. The van der Waals surface area contributed by atoms with E-state index in [1.165, 1.54) is 16.5 Å². The monoisotopic (exact) mass is 527 g/mol. The van der Waals surface area contributed by atoms with Crippen molar-refractivity contribution in [2.45, 2.75) is 61.0 Å². The van der Waals surface area contributed by atoms with E-state index in [1.807, 2.05) is 62.4 Å². The molecule has 3 aromatic carbocycles. The molecule has 0 atom stereocenters. The minimum atomic E-state index is 0.475. The predicted molar refractivity (Wildman–Crippen MR) is 159 cm³/mol. The van der Waals surface area contributed by atoms with Crippen LogP contribution in [-0.2, 0) is 20.1 Å². The molecule has 0 bridgehead atoms. The summed E-state index contributed by atoms with van der Waals surface area (Å²) >= 11 is 0. The summed E-state index contributed by atoms with van der Waals surface area (Å²) in [5, 5.41) is 15.3. The Morgan fingerprint density at radius 1 is 0.923 bits per heavy atom. The van der Waals surface area contributed by atoms with Gasteiger partial charge in [-0.2, -0.15) is 5.21 Å². The maximum absolute atomic E-state index is 6.27. The second kappa shape index (κ2) is 14.7. The highest BCUT2D eigenvalue weighted by Crippen LogP contribution is 2.31. The average molecular weight is 528 g/mol. The molecule has 0 aliphatic rings. The van der Waals surface area contributed by atoms with Gasteiger partial charge in [-0.15, -0.1) is 10.2 Å². The first-order valence-corrected chi connectivity index (χ1v) is 13.7. The molecule has 2 aromatic heterocycles.